The van der Waals surface area contributed by atoms with Crippen LogP contribution >= 0.6 is 0 Å². The molecule has 2 aromatic rings. The van der Waals surface area contributed by atoms with Crippen LogP contribution in [-0.2, 0) is 0 Å². The van der Waals surface area contributed by atoms with Crippen molar-refractivity contribution in [2.24, 2.45) is 5.92 Å². The summed E-state index contributed by atoms with van der Waals surface area (Å²) in [6.07, 6.45) is 5.05. The van der Waals surface area contributed by atoms with E-state index in [2.05, 4.69) is 17.5 Å². The molecule has 4 heteroatoms. The van der Waals surface area contributed by atoms with E-state index in [1.165, 1.54) is 6.07 Å². The Morgan fingerprint density at radius 1 is 1.17 bits per heavy atom. The minimum absolute atomic E-state index is 0.0300. The van der Waals surface area contributed by atoms with Crippen molar-refractivity contribution < 1.29 is 13.5 Å². The van der Waals surface area contributed by atoms with E-state index in [4.69, 9.17) is 4.74 Å². The molecule has 0 aromatic heterocycles. The summed E-state index contributed by atoms with van der Waals surface area (Å²) in [5.41, 5.74) is 2.17. The number of benzene rings is 2. The third-order valence-electron chi connectivity index (χ3n) is 4.84. The van der Waals surface area contributed by atoms with Gasteiger partial charge in [0.25, 0.3) is 0 Å². The van der Waals surface area contributed by atoms with E-state index in [1.54, 1.807) is 7.11 Å². The zero-order chi connectivity index (χ0) is 16.0. The van der Waals surface area contributed by atoms with Crippen LogP contribution < -0.4 is 10.1 Å². The molecule has 1 N–H and O–H groups in total. The van der Waals surface area contributed by atoms with Crippen LogP contribution in [0, 0.1) is 17.6 Å². The number of methoxy groups -OCH3 is 1. The maximum Gasteiger partial charge on any atom is 0.149 e. The predicted octanol–water partition coefficient (Wildman–Crippen LogP) is 4.80. The Bertz CT molecular complexity index is 787. The topological polar surface area (TPSA) is 21.3 Å². The molecule has 2 aromatic carbocycles. The van der Waals surface area contributed by atoms with Crippen LogP contribution in [0.4, 0.5) is 14.5 Å². The molecule has 0 saturated heterocycles. The van der Waals surface area contributed by atoms with E-state index < -0.39 is 11.6 Å². The van der Waals surface area contributed by atoms with Crippen molar-refractivity contribution in [3.05, 3.63) is 71.3 Å². The summed E-state index contributed by atoms with van der Waals surface area (Å²) in [5.74, 6) is -0.00536. The number of rotatable bonds is 2. The van der Waals surface area contributed by atoms with Crippen molar-refractivity contribution in [3.63, 3.8) is 0 Å². The first kappa shape index (κ1) is 14.2. The van der Waals surface area contributed by atoms with Crippen molar-refractivity contribution in [1.29, 1.82) is 0 Å². The lowest BCUT2D eigenvalue weighted by Crippen LogP contribution is -2.29. The number of anilines is 1. The van der Waals surface area contributed by atoms with E-state index in [-0.39, 0.29) is 17.9 Å². The summed E-state index contributed by atoms with van der Waals surface area (Å²) in [4.78, 5) is 0. The van der Waals surface area contributed by atoms with Crippen LogP contribution in [0.15, 0.2) is 48.6 Å². The molecule has 118 valence electrons. The van der Waals surface area contributed by atoms with E-state index in [0.717, 1.165) is 23.8 Å². The Balaban J connectivity index is 1.81. The van der Waals surface area contributed by atoms with Crippen molar-refractivity contribution >= 4 is 5.69 Å². The Morgan fingerprint density at radius 3 is 2.87 bits per heavy atom. The van der Waals surface area contributed by atoms with Gasteiger partial charge in [-0.05, 0) is 41.7 Å². The molecule has 0 unspecified atom stereocenters. The lowest BCUT2D eigenvalue weighted by Gasteiger charge is -2.37. The summed E-state index contributed by atoms with van der Waals surface area (Å²) in [7, 11) is 1.63. The van der Waals surface area contributed by atoms with Crippen LogP contribution in [0.25, 0.3) is 0 Å². The highest BCUT2D eigenvalue weighted by Crippen LogP contribution is 2.50. The number of hydrogen-bond donors (Lipinski definition) is 1. The molecule has 1 heterocycles. The molecule has 0 amide bonds. The highest BCUT2D eigenvalue weighted by Gasteiger charge is 2.39. The first-order valence-corrected chi connectivity index (χ1v) is 7.73. The minimum Gasteiger partial charge on any atom is -0.497 e. The Kier molecular flexibility index (Phi) is 3.33. The molecular formula is C19H17F2NO. The standard InChI is InChI=1S/C19H17F2NO/c1-23-13-5-2-4-11(8-13)18-15-7-3-6-14(15)16-9-12(20)10-17(21)19(16)22-18/h2-6,8-10,14-15,18,22H,7H2,1H3/t14-,15+,18+/m1/s1. The number of nitrogens with one attached hydrogen (secondary N) is 1. The number of ether oxygens (including phenoxy) is 1. The molecule has 1 aliphatic heterocycles. The van der Waals surface area contributed by atoms with E-state index in [0.29, 0.717) is 11.3 Å². The smallest absolute Gasteiger partial charge is 0.149 e. The van der Waals surface area contributed by atoms with Gasteiger partial charge in [0.2, 0.25) is 0 Å². The van der Waals surface area contributed by atoms with E-state index in [1.807, 2.05) is 24.3 Å². The first-order valence-electron chi connectivity index (χ1n) is 7.73. The van der Waals surface area contributed by atoms with Crippen LogP contribution in [0.3, 0.4) is 0 Å². The maximum absolute atomic E-state index is 14.3. The summed E-state index contributed by atoms with van der Waals surface area (Å²) >= 11 is 0. The fourth-order valence-electron chi connectivity index (χ4n) is 3.79. The molecule has 0 spiro atoms. The largest absolute Gasteiger partial charge is 0.497 e. The SMILES string of the molecule is COc1cccc([C@@H]2Nc3c(F)cc(F)cc3[C@@H]3C=CC[C@@H]32)c1. The molecule has 0 fully saturated rings. The van der Waals surface area contributed by atoms with Gasteiger partial charge in [0, 0.05) is 12.0 Å². The van der Waals surface area contributed by atoms with E-state index >= 15 is 0 Å². The number of halogens is 2. The Labute approximate surface area is 133 Å². The highest BCUT2D eigenvalue weighted by molar-refractivity contribution is 5.61. The second kappa shape index (κ2) is 5.37. The van der Waals surface area contributed by atoms with Crippen LogP contribution in [0.2, 0.25) is 0 Å². The lowest BCUT2D eigenvalue weighted by atomic mass is 9.77. The second-order valence-electron chi connectivity index (χ2n) is 6.10. The van der Waals surface area contributed by atoms with Crippen LogP contribution in [0.5, 0.6) is 5.75 Å². The molecule has 23 heavy (non-hydrogen) atoms. The molecule has 0 radical (unpaired) electrons. The molecule has 2 nitrogen and oxygen atoms in total. The third kappa shape index (κ3) is 2.29. The van der Waals surface area contributed by atoms with Gasteiger partial charge in [-0.3, -0.25) is 0 Å². The average molecular weight is 313 g/mol. The fourth-order valence-corrected chi connectivity index (χ4v) is 3.79. The maximum atomic E-state index is 14.3. The Morgan fingerprint density at radius 2 is 2.04 bits per heavy atom. The van der Waals surface area contributed by atoms with Gasteiger partial charge in [-0.2, -0.15) is 0 Å². The quantitative estimate of drug-likeness (QED) is 0.804. The summed E-state index contributed by atoms with van der Waals surface area (Å²) in [6.45, 7) is 0. The third-order valence-corrected chi connectivity index (χ3v) is 4.84. The number of allylic oxidation sites excluding steroid dienone is 2. The predicted molar refractivity (Wildman–Crippen MR) is 85.7 cm³/mol. The van der Waals surface area contributed by atoms with Gasteiger partial charge in [0.15, 0.2) is 0 Å². The molecule has 4 rings (SSSR count). The second-order valence-corrected chi connectivity index (χ2v) is 6.10. The van der Waals surface area contributed by atoms with Gasteiger partial charge in [-0.1, -0.05) is 24.3 Å². The first-order chi connectivity index (χ1) is 11.2. The lowest BCUT2D eigenvalue weighted by molar-refractivity contribution is 0.404. The van der Waals surface area contributed by atoms with Gasteiger partial charge in [-0.15, -0.1) is 0 Å². The van der Waals surface area contributed by atoms with Gasteiger partial charge in [0.1, 0.15) is 17.4 Å². The normalized spacial score (nSPS) is 24.7. The monoisotopic (exact) mass is 313 g/mol. The van der Waals surface area contributed by atoms with Crippen LogP contribution in [0.1, 0.15) is 29.5 Å². The molecule has 3 atom stereocenters. The highest BCUT2D eigenvalue weighted by atomic mass is 19.1. The fraction of sp³-hybridized carbons (Fsp3) is 0.263. The van der Waals surface area contributed by atoms with E-state index in [9.17, 15) is 8.78 Å². The molecular weight excluding hydrogens is 296 g/mol. The van der Waals surface area contributed by atoms with Crippen molar-refractivity contribution in [3.8, 4) is 5.75 Å². The number of fused-ring (bicyclic) bond motifs is 3. The molecule has 2 aliphatic rings. The van der Waals surface area contributed by atoms with Crippen molar-refractivity contribution in [2.75, 3.05) is 12.4 Å². The summed E-state index contributed by atoms with van der Waals surface area (Å²) in [6, 6.07) is 10.2. The molecule has 0 saturated carbocycles. The minimum atomic E-state index is -0.536. The molecule has 0 bridgehead atoms. The number of hydrogen-bond acceptors (Lipinski definition) is 2. The Hall–Kier alpha value is -2.36. The zero-order valence-corrected chi connectivity index (χ0v) is 12.7. The van der Waals surface area contributed by atoms with Crippen molar-refractivity contribution in [2.45, 2.75) is 18.4 Å². The van der Waals surface area contributed by atoms with Gasteiger partial charge in [0.05, 0.1) is 18.8 Å². The zero-order valence-electron chi connectivity index (χ0n) is 12.7. The summed E-state index contributed by atoms with van der Waals surface area (Å²) < 4.78 is 33.2. The summed E-state index contributed by atoms with van der Waals surface area (Å²) in [5, 5.41) is 3.29. The van der Waals surface area contributed by atoms with Crippen LogP contribution in [-0.4, -0.2) is 7.11 Å². The van der Waals surface area contributed by atoms with Gasteiger partial charge < -0.3 is 10.1 Å². The van der Waals surface area contributed by atoms with Gasteiger partial charge in [-0.25, -0.2) is 8.78 Å². The molecule has 1 aliphatic carbocycles. The van der Waals surface area contributed by atoms with Gasteiger partial charge >= 0.3 is 0 Å². The average Bonchev–Trinajstić information content (AvgIpc) is 3.04. The van der Waals surface area contributed by atoms with Crippen molar-refractivity contribution in [1.82, 2.24) is 0 Å².